The number of piperazine rings is 1. The van der Waals surface area contributed by atoms with E-state index in [4.69, 9.17) is 4.42 Å². The molecule has 6 heteroatoms. The number of amides is 1. The Labute approximate surface area is 165 Å². The van der Waals surface area contributed by atoms with Crippen molar-refractivity contribution in [2.75, 3.05) is 33.2 Å². The normalized spacial score (nSPS) is 15.2. The lowest BCUT2D eigenvalue weighted by molar-refractivity contribution is -0.133. The monoisotopic (exact) mass is 378 g/mol. The fraction of sp³-hybridized carbons (Fsp3) is 0.364. The Morgan fingerprint density at radius 1 is 1.00 bits per heavy atom. The summed E-state index contributed by atoms with van der Waals surface area (Å²) in [5, 5.41) is 0. The highest BCUT2D eigenvalue weighted by atomic mass is 16.3. The van der Waals surface area contributed by atoms with E-state index in [0.29, 0.717) is 11.6 Å². The molecule has 2 aromatic heterocycles. The molecule has 1 saturated heterocycles. The number of hydrogen-bond donors (Lipinski definition) is 0. The predicted molar refractivity (Wildman–Crippen MR) is 109 cm³/mol. The third kappa shape index (κ3) is 3.60. The average molecular weight is 378 g/mol. The lowest BCUT2D eigenvalue weighted by Crippen LogP contribution is -2.48. The zero-order valence-corrected chi connectivity index (χ0v) is 16.7. The average Bonchev–Trinajstić information content (AvgIpc) is 3.30. The molecular weight excluding hydrogens is 352 g/mol. The summed E-state index contributed by atoms with van der Waals surface area (Å²) in [5.41, 5.74) is 2.93. The molecule has 0 N–H and O–H groups in total. The Kier molecular flexibility index (Phi) is 5.05. The largest absolute Gasteiger partial charge is 0.453 e. The highest BCUT2D eigenvalue weighted by Crippen LogP contribution is 2.29. The number of likely N-dealkylation sites (N-methyl/N-ethyl adjacent to an activating group) is 1. The molecule has 28 heavy (non-hydrogen) atoms. The van der Waals surface area contributed by atoms with Gasteiger partial charge in [0.15, 0.2) is 11.6 Å². The Morgan fingerprint density at radius 3 is 2.39 bits per heavy atom. The summed E-state index contributed by atoms with van der Waals surface area (Å²) >= 11 is 0. The van der Waals surface area contributed by atoms with Crippen LogP contribution in [0.3, 0.4) is 0 Å². The molecule has 4 rings (SSSR count). The van der Waals surface area contributed by atoms with Crippen LogP contribution in [0.4, 0.5) is 0 Å². The predicted octanol–water partition coefficient (Wildman–Crippen LogP) is 3.20. The maximum atomic E-state index is 12.9. The maximum absolute atomic E-state index is 12.9. The standard InChI is InChI=1S/C22H26N4O2/c1-16-17(2)26(15-21(27)25-13-11-24(3)12-14-25)22(23-16)20-10-9-19(28-20)18-7-5-4-6-8-18/h4-10H,11-15H2,1-3H3. The Hall–Kier alpha value is -2.86. The zero-order chi connectivity index (χ0) is 19.7. The van der Waals surface area contributed by atoms with Gasteiger partial charge in [-0.25, -0.2) is 4.98 Å². The molecule has 0 bridgehead atoms. The molecule has 1 aliphatic heterocycles. The Morgan fingerprint density at radius 2 is 1.68 bits per heavy atom. The molecule has 3 heterocycles. The van der Waals surface area contributed by atoms with Crippen LogP contribution in [0.25, 0.3) is 22.9 Å². The van der Waals surface area contributed by atoms with E-state index in [1.54, 1.807) is 0 Å². The highest BCUT2D eigenvalue weighted by Gasteiger charge is 2.23. The molecule has 0 radical (unpaired) electrons. The number of nitrogens with zero attached hydrogens (tertiary/aromatic N) is 4. The molecule has 1 amide bonds. The van der Waals surface area contributed by atoms with Gasteiger partial charge in [0.25, 0.3) is 0 Å². The summed E-state index contributed by atoms with van der Waals surface area (Å²) in [7, 11) is 2.09. The van der Waals surface area contributed by atoms with E-state index in [1.807, 2.05) is 65.8 Å². The lowest BCUT2D eigenvalue weighted by Gasteiger charge is -2.32. The molecule has 3 aromatic rings. The molecule has 1 aliphatic rings. The fourth-order valence-electron chi connectivity index (χ4n) is 3.54. The zero-order valence-electron chi connectivity index (χ0n) is 16.7. The number of hydrogen-bond acceptors (Lipinski definition) is 4. The second-order valence-electron chi connectivity index (χ2n) is 7.41. The van der Waals surface area contributed by atoms with E-state index in [1.165, 1.54) is 0 Å². The number of furan rings is 1. The minimum Gasteiger partial charge on any atom is -0.453 e. The van der Waals surface area contributed by atoms with Crippen molar-refractivity contribution in [1.29, 1.82) is 0 Å². The molecule has 0 saturated carbocycles. The van der Waals surface area contributed by atoms with Gasteiger partial charge < -0.3 is 18.8 Å². The second kappa shape index (κ2) is 7.64. The summed E-state index contributed by atoms with van der Waals surface area (Å²) in [4.78, 5) is 21.7. The van der Waals surface area contributed by atoms with Gasteiger partial charge >= 0.3 is 0 Å². The molecule has 1 aromatic carbocycles. The van der Waals surface area contributed by atoms with Crippen LogP contribution in [0.1, 0.15) is 11.4 Å². The number of carbonyl (C=O) groups excluding carboxylic acids is 1. The van der Waals surface area contributed by atoms with Crippen molar-refractivity contribution in [3.8, 4) is 22.9 Å². The van der Waals surface area contributed by atoms with Crippen LogP contribution in [0.2, 0.25) is 0 Å². The SMILES string of the molecule is Cc1nc(-c2ccc(-c3ccccc3)o2)n(CC(=O)N2CCN(C)CC2)c1C. The second-order valence-corrected chi connectivity index (χ2v) is 7.41. The van der Waals surface area contributed by atoms with Crippen molar-refractivity contribution in [2.24, 2.45) is 0 Å². The number of imidazole rings is 1. The van der Waals surface area contributed by atoms with Gasteiger partial charge in [0.1, 0.15) is 12.3 Å². The summed E-state index contributed by atoms with van der Waals surface area (Å²) in [6, 6.07) is 13.9. The number of aryl methyl sites for hydroxylation is 1. The number of benzene rings is 1. The van der Waals surface area contributed by atoms with E-state index in [9.17, 15) is 4.79 Å². The Balaban J connectivity index is 1.60. The topological polar surface area (TPSA) is 54.5 Å². The fourth-order valence-corrected chi connectivity index (χ4v) is 3.54. The van der Waals surface area contributed by atoms with Crippen LogP contribution in [-0.2, 0) is 11.3 Å². The summed E-state index contributed by atoms with van der Waals surface area (Å²) in [5.74, 6) is 2.32. The van der Waals surface area contributed by atoms with Crippen molar-refractivity contribution in [3.05, 3.63) is 53.9 Å². The van der Waals surface area contributed by atoms with Crippen LogP contribution in [0.5, 0.6) is 0 Å². The molecule has 0 unspecified atom stereocenters. The van der Waals surface area contributed by atoms with Gasteiger partial charge in [0.2, 0.25) is 5.91 Å². The first-order valence-electron chi connectivity index (χ1n) is 9.68. The third-order valence-corrected chi connectivity index (χ3v) is 5.49. The van der Waals surface area contributed by atoms with Gasteiger partial charge in [-0.05, 0) is 33.0 Å². The molecular formula is C22H26N4O2. The third-order valence-electron chi connectivity index (χ3n) is 5.49. The Bertz CT molecular complexity index is 966. The van der Waals surface area contributed by atoms with Gasteiger partial charge in [-0.2, -0.15) is 0 Å². The molecule has 0 atom stereocenters. The van der Waals surface area contributed by atoms with Crippen LogP contribution in [0, 0.1) is 13.8 Å². The first-order chi connectivity index (χ1) is 13.5. The first kappa shape index (κ1) is 18.5. The van der Waals surface area contributed by atoms with Gasteiger partial charge in [-0.15, -0.1) is 0 Å². The summed E-state index contributed by atoms with van der Waals surface area (Å²) < 4.78 is 8.07. The van der Waals surface area contributed by atoms with Gasteiger partial charge in [-0.3, -0.25) is 4.79 Å². The van der Waals surface area contributed by atoms with Crippen LogP contribution >= 0.6 is 0 Å². The van der Waals surface area contributed by atoms with Gasteiger partial charge in [-0.1, -0.05) is 30.3 Å². The van der Waals surface area contributed by atoms with Crippen LogP contribution < -0.4 is 0 Å². The van der Waals surface area contributed by atoms with E-state index in [2.05, 4.69) is 16.9 Å². The minimum absolute atomic E-state index is 0.129. The van der Waals surface area contributed by atoms with Crippen molar-refractivity contribution in [1.82, 2.24) is 19.4 Å². The molecule has 0 spiro atoms. The molecule has 6 nitrogen and oxygen atoms in total. The number of aromatic nitrogens is 2. The van der Waals surface area contributed by atoms with Gasteiger partial charge in [0, 0.05) is 37.4 Å². The maximum Gasteiger partial charge on any atom is 0.242 e. The van der Waals surface area contributed by atoms with E-state index < -0.39 is 0 Å². The molecule has 146 valence electrons. The first-order valence-corrected chi connectivity index (χ1v) is 9.68. The van der Waals surface area contributed by atoms with Crippen molar-refractivity contribution >= 4 is 5.91 Å². The van der Waals surface area contributed by atoms with E-state index in [-0.39, 0.29) is 12.5 Å². The van der Waals surface area contributed by atoms with E-state index >= 15 is 0 Å². The van der Waals surface area contributed by atoms with Crippen LogP contribution in [0.15, 0.2) is 46.9 Å². The van der Waals surface area contributed by atoms with Crippen molar-refractivity contribution in [2.45, 2.75) is 20.4 Å². The molecule has 0 aliphatic carbocycles. The van der Waals surface area contributed by atoms with Crippen molar-refractivity contribution < 1.29 is 9.21 Å². The highest BCUT2D eigenvalue weighted by molar-refractivity contribution is 5.77. The quantitative estimate of drug-likeness (QED) is 0.700. The number of carbonyl (C=O) groups is 1. The lowest BCUT2D eigenvalue weighted by atomic mass is 10.2. The number of rotatable bonds is 4. The summed E-state index contributed by atoms with van der Waals surface area (Å²) in [6.07, 6.45) is 0. The molecule has 1 fully saturated rings. The van der Waals surface area contributed by atoms with Gasteiger partial charge in [0.05, 0.1) is 5.69 Å². The summed E-state index contributed by atoms with van der Waals surface area (Å²) in [6.45, 7) is 7.64. The smallest absolute Gasteiger partial charge is 0.242 e. The van der Waals surface area contributed by atoms with Crippen molar-refractivity contribution in [3.63, 3.8) is 0 Å². The minimum atomic E-state index is 0.129. The van der Waals surface area contributed by atoms with Crippen LogP contribution in [-0.4, -0.2) is 58.5 Å². The van der Waals surface area contributed by atoms with E-state index in [0.717, 1.165) is 48.9 Å².